The van der Waals surface area contributed by atoms with Gasteiger partial charge in [-0.1, -0.05) is 0 Å². The van der Waals surface area contributed by atoms with Crippen molar-refractivity contribution in [1.29, 1.82) is 0 Å². The lowest BCUT2D eigenvalue weighted by molar-refractivity contribution is -0.211. The molecule has 10 heteroatoms. The van der Waals surface area contributed by atoms with Crippen LogP contribution in [0.2, 0.25) is 0 Å². The van der Waals surface area contributed by atoms with E-state index in [1.54, 1.807) is 0 Å². The van der Waals surface area contributed by atoms with E-state index in [-0.39, 0.29) is 16.6 Å². The quantitative estimate of drug-likeness (QED) is 0.495. The molecule has 0 radical (unpaired) electrons. The van der Waals surface area contributed by atoms with E-state index in [4.69, 9.17) is 17.0 Å². The summed E-state index contributed by atoms with van der Waals surface area (Å²) in [5.74, 6) is -2.63. The van der Waals surface area contributed by atoms with E-state index < -0.39 is 36.5 Å². The zero-order chi connectivity index (χ0) is 15.8. The first-order valence-corrected chi connectivity index (χ1v) is 6.27. The van der Waals surface area contributed by atoms with E-state index in [0.717, 1.165) is 10.8 Å². The zero-order valence-electron chi connectivity index (χ0n) is 10.9. The van der Waals surface area contributed by atoms with Crippen molar-refractivity contribution >= 4 is 18.5 Å². The highest BCUT2D eigenvalue weighted by atomic mass is 32.1. The standard InChI is InChI=1S/C11H13FN2O6S/c1-19-4-11(12)7(17)6(16)9(20-11)14-2-5(3-15)8(18)13-10(14)21/h2-3,6-7,9,16-17H,4H2,1H3,(H,13,18,21)/t6-,7+,9-,11-/m1/s1. The van der Waals surface area contributed by atoms with Crippen molar-refractivity contribution in [3.8, 4) is 0 Å². The average Bonchev–Trinajstić information content (AvgIpc) is 2.64. The van der Waals surface area contributed by atoms with Crippen molar-refractivity contribution in [3.63, 3.8) is 0 Å². The van der Waals surface area contributed by atoms with Gasteiger partial charge < -0.3 is 19.7 Å². The summed E-state index contributed by atoms with van der Waals surface area (Å²) < 4.78 is 24.7. The van der Waals surface area contributed by atoms with Crippen LogP contribution in [0.15, 0.2) is 11.0 Å². The number of hydrogen-bond donors (Lipinski definition) is 3. The van der Waals surface area contributed by atoms with E-state index in [0.29, 0.717) is 0 Å². The van der Waals surface area contributed by atoms with Gasteiger partial charge in [0.2, 0.25) is 0 Å². The fourth-order valence-corrected chi connectivity index (χ4v) is 2.31. The number of halogens is 1. The van der Waals surface area contributed by atoms with Gasteiger partial charge in [-0.25, -0.2) is 4.39 Å². The van der Waals surface area contributed by atoms with Gasteiger partial charge in [-0.05, 0) is 12.2 Å². The maximum Gasteiger partial charge on any atom is 0.263 e. The number of carbonyl (C=O) groups excluding carboxylic acids is 1. The molecule has 8 nitrogen and oxygen atoms in total. The lowest BCUT2D eigenvalue weighted by atomic mass is 10.1. The number of methoxy groups -OCH3 is 1. The van der Waals surface area contributed by atoms with Gasteiger partial charge in [0, 0.05) is 13.3 Å². The first kappa shape index (κ1) is 15.9. The number of aliphatic hydroxyl groups excluding tert-OH is 2. The highest BCUT2D eigenvalue weighted by Gasteiger charge is 2.56. The molecule has 0 aliphatic carbocycles. The highest BCUT2D eigenvalue weighted by Crippen LogP contribution is 2.38. The number of H-pyrrole nitrogens is 1. The third-order valence-corrected chi connectivity index (χ3v) is 3.42. The molecule has 3 N–H and O–H groups in total. The lowest BCUT2D eigenvalue weighted by Crippen LogP contribution is -2.42. The highest BCUT2D eigenvalue weighted by molar-refractivity contribution is 7.71. The molecule has 116 valence electrons. The van der Waals surface area contributed by atoms with Crippen molar-refractivity contribution in [2.24, 2.45) is 0 Å². The minimum absolute atomic E-state index is 0.191. The Kier molecular flexibility index (Phi) is 4.35. The number of ether oxygens (including phenoxy) is 2. The summed E-state index contributed by atoms with van der Waals surface area (Å²) in [7, 11) is 1.20. The minimum Gasteiger partial charge on any atom is -0.385 e. The number of aldehydes is 1. The fraction of sp³-hybridized carbons (Fsp3) is 0.545. The molecule has 2 rings (SSSR count). The first-order valence-electron chi connectivity index (χ1n) is 5.86. The van der Waals surface area contributed by atoms with Crippen molar-refractivity contribution in [1.82, 2.24) is 9.55 Å². The van der Waals surface area contributed by atoms with Crippen LogP contribution in [-0.4, -0.2) is 57.8 Å². The lowest BCUT2D eigenvalue weighted by Gasteiger charge is -2.22. The molecule has 1 aromatic heterocycles. The Labute approximate surface area is 122 Å². The summed E-state index contributed by atoms with van der Waals surface area (Å²) in [6, 6.07) is 0. The smallest absolute Gasteiger partial charge is 0.263 e. The molecule has 21 heavy (non-hydrogen) atoms. The number of rotatable bonds is 4. The van der Waals surface area contributed by atoms with Crippen molar-refractivity contribution in [2.45, 2.75) is 24.3 Å². The van der Waals surface area contributed by atoms with E-state index in [1.807, 2.05) is 0 Å². The molecule has 1 aliphatic heterocycles. The van der Waals surface area contributed by atoms with Crippen LogP contribution in [0.3, 0.4) is 0 Å². The second-order valence-electron chi connectivity index (χ2n) is 4.53. The van der Waals surface area contributed by atoms with E-state index >= 15 is 0 Å². The molecule has 1 aliphatic rings. The fourth-order valence-electron chi connectivity index (χ4n) is 2.06. The Bertz CT molecular complexity index is 661. The van der Waals surface area contributed by atoms with Gasteiger partial charge in [-0.2, -0.15) is 0 Å². The number of aromatic amines is 1. The molecule has 0 bridgehead atoms. The Balaban J connectivity index is 2.46. The topological polar surface area (TPSA) is 114 Å². The number of aromatic nitrogens is 2. The van der Waals surface area contributed by atoms with Gasteiger partial charge in [0.15, 0.2) is 17.3 Å². The maximum absolute atomic E-state index is 14.3. The van der Waals surface area contributed by atoms with Crippen LogP contribution in [0, 0.1) is 4.77 Å². The second-order valence-corrected chi connectivity index (χ2v) is 4.92. The summed E-state index contributed by atoms with van der Waals surface area (Å²) >= 11 is 4.88. The number of alkyl halides is 1. The molecule has 1 fully saturated rings. The molecule has 1 saturated heterocycles. The number of hydrogen-bond acceptors (Lipinski definition) is 7. The maximum atomic E-state index is 14.3. The van der Waals surface area contributed by atoms with Crippen LogP contribution in [0.5, 0.6) is 0 Å². The molecule has 0 amide bonds. The van der Waals surface area contributed by atoms with Gasteiger partial charge in [-0.3, -0.25) is 19.1 Å². The third kappa shape index (κ3) is 2.68. The second kappa shape index (κ2) is 5.73. The predicted molar refractivity (Wildman–Crippen MR) is 69.1 cm³/mol. The Morgan fingerprint density at radius 1 is 1.67 bits per heavy atom. The molecule has 2 heterocycles. The van der Waals surface area contributed by atoms with Gasteiger partial charge in [-0.15, -0.1) is 0 Å². The zero-order valence-corrected chi connectivity index (χ0v) is 11.7. The number of nitrogens with zero attached hydrogens (tertiary/aromatic N) is 1. The summed E-state index contributed by atoms with van der Waals surface area (Å²) in [5.41, 5.74) is -1.00. The molecular weight excluding hydrogens is 307 g/mol. The Morgan fingerprint density at radius 2 is 2.33 bits per heavy atom. The third-order valence-electron chi connectivity index (χ3n) is 3.11. The Morgan fingerprint density at radius 3 is 2.90 bits per heavy atom. The number of aliphatic hydroxyl groups is 2. The molecule has 0 aromatic carbocycles. The van der Waals surface area contributed by atoms with Crippen LogP contribution in [-0.2, 0) is 9.47 Å². The molecule has 0 unspecified atom stereocenters. The normalized spacial score (nSPS) is 32.3. The van der Waals surface area contributed by atoms with Crippen molar-refractivity contribution < 1.29 is 28.9 Å². The van der Waals surface area contributed by atoms with Crippen LogP contribution in [0.4, 0.5) is 4.39 Å². The van der Waals surface area contributed by atoms with Crippen LogP contribution in [0.1, 0.15) is 16.6 Å². The molecule has 4 atom stereocenters. The monoisotopic (exact) mass is 320 g/mol. The number of carbonyl (C=O) groups is 1. The molecular formula is C11H13FN2O6S. The predicted octanol–water partition coefficient (Wildman–Crippen LogP) is -0.719. The summed E-state index contributed by atoms with van der Waals surface area (Å²) in [6.07, 6.45) is -3.66. The van der Waals surface area contributed by atoms with Gasteiger partial charge in [0.05, 0.1) is 5.56 Å². The molecule has 0 saturated carbocycles. The van der Waals surface area contributed by atoms with Crippen LogP contribution in [0.25, 0.3) is 0 Å². The molecule has 0 spiro atoms. The van der Waals surface area contributed by atoms with E-state index in [1.165, 1.54) is 7.11 Å². The summed E-state index contributed by atoms with van der Waals surface area (Å²) in [5, 5.41) is 19.6. The number of nitrogens with one attached hydrogen (secondary N) is 1. The summed E-state index contributed by atoms with van der Waals surface area (Å²) in [6.45, 7) is -0.612. The van der Waals surface area contributed by atoms with E-state index in [2.05, 4.69) is 9.72 Å². The summed E-state index contributed by atoms with van der Waals surface area (Å²) in [4.78, 5) is 24.4. The Hall–Kier alpha value is -1.46. The SMILES string of the molecule is COC[C@@]1(F)O[C@@H](n2cc(C=O)c(=O)[nH]c2=S)[C@H](O)[C@@H]1O. The van der Waals surface area contributed by atoms with Crippen LogP contribution >= 0.6 is 12.2 Å². The average molecular weight is 320 g/mol. The van der Waals surface area contributed by atoms with Gasteiger partial charge in [0.25, 0.3) is 11.4 Å². The van der Waals surface area contributed by atoms with Gasteiger partial charge in [0.1, 0.15) is 18.8 Å². The largest absolute Gasteiger partial charge is 0.385 e. The molecule has 1 aromatic rings. The van der Waals surface area contributed by atoms with Crippen LogP contribution < -0.4 is 5.56 Å². The van der Waals surface area contributed by atoms with Gasteiger partial charge >= 0.3 is 0 Å². The van der Waals surface area contributed by atoms with Crippen molar-refractivity contribution in [3.05, 3.63) is 26.9 Å². The van der Waals surface area contributed by atoms with Crippen molar-refractivity contribution in [2.75, 3.05) is 13.7 Å². The van der Waals surface area contributed by atoms with E-state index in [9.17, 15) is 24.2 Å². The first-order chi connectivity index (χ1) is 9.84. The minimum atomic E-state index is -2.63.